The van der Waals surface area contributed by atoms with E-state index in [0.29, 0.717) is 34.4 Å². The van der Waals surface area contributed by atoms with Crippen molar-refractivity contribution in [1.82, 2.24) is 34.6 Å². The van der Waals surface area contributed by atoms with Crippen LogP contribution in [0.2, 0.25) is 5.02 Å². The monoisotopic (exact) mass is 912 g/mol. The van der Waals surface area contributed by atoms with Gasteiger partial charge >= 0.3 is 29.9 Å². The number of hydrogen-bond acceptors (Lipinski definition) is 11. The SMILES string of the molecule is CC(C)(C)c1c(NC(=O)C(Cc2ccc(NC(=O)N3CCO[C@@H](CO)C3)cc2)N2CCN(c3cc(Cl)ccc3-n3cnnn3)C(=O)C2=O)ccc2c1c(C(C)(C)C)c(C(=O)O)n2C(=O)O. The quantitative estimate of drug-likeness (QED) is 0.119. The van der Waals surface area contributed by atoms with Gasteiger partial charge in [0.15, 0.2) is 0 Å². The molecule has 342 valence electrons. The molecule has 21 heteroatoms. The minimum atomic E-state index is -1.49. The van der Waals surface area contributed by atoms with Gasteiger partial charge in [-0.1, -0.05) is 65.3 Å². The first-order valence-electron chi connectivity index (χ1n) is 20.7. The number of urea groups is 1. The van der Waals surface area contributed by atoms with Crippen LogP contribution in [0.15, 0.2) is 60.9 Å². The summed E-state index contributed by atoms with van der Waals surface area (Å²) in [7, 11) is 0. The Morgan fingerprint density at radius 2 is 1.58 bits per heavy atom. The van der Waals surface area contributed by atoms with Crippen molar-refractivity contribution in [3.8, 4) is 5.69 Å². The number of nitrogens with one attached hydrogen (secondary N) is 2. The first kappa shape index (κ1) is 46.1. The molecule has 3 aromatic carbocycles. The number of aromatic carboxylic acids is 1. The second-order valence-electron chi connectivity index (χ2n) is 17.8. The van der Waals surface area contributed by atoms with E-state index in [-0.39, 0.29) is 66.7 Å². The van der Waals surface area contributed by atoms with Gasteiger partial charge in [0.1, 0.15) is 18.1 Å². The molecule has 7 rings (SSSR count). The van der Waals surface area contributed by atoms with Crippen LogP contribution < -0.4 is 15.5 Å². The lowest BCUT2D eigenvalue weighted by molar-refractivity contribution is -0.149. The van der Waals surface area contributed by atoms with Gasteiger partial charge in [-0.15, -0.1) is 5.10 Å². The fourth-order valence-corrected chi connectivity index (χ4v) is 8.64. The molecule has 0 bridgehead atoms. The number of carbonyl (C=O) groups excluding carboxylic acids is 4. The molecular formula is C44H49ClN10O10. The van der Waals surface area contributed by atoms with E-state index in [2.05, 4.69) is 26.2 Å². The molecule has 2 aromatic heterocycles. The van der Waals surface area contributed by atoms with Crippen LogP contribution in [0.25, 0.3) is 16.6 Å². The highest BCUT2D eigenvalue weighted by Crippen LogP contribution is 2.44. The van der Waals surface area contributed by atoms with Crippen LogP contribution in [-0.2, 0) is 36.4 Å². The zero-order valence-electron chi connectivity index (χ0n) is 36.5. The molecule has 2 atom stereocenters. The third-order valence-electron chi connectivity index (χ3n) is 11.3. The lowest BCUT2D eigenvalue weighted by atomic mass is 9.77. The fourth-order valence-electron chi connectivity index (χ4n) is 8.48. The zero-order chi connectivity index (χ0) is 47.1. The number of ether oxygens (including phenoxy) is 1. The maximum Gasteiger partial charge on any atom is 0.416 e. The molecule has 2 aliphatic heterocycles. The van der Waals surface area contributed by atoms with Crippen LogP contribution in [0.3, 0.4) is 0 Å². The number of aromatic nitrogens is 5. The Morgan fingerprint density at radius 3 is 2.20 bits per heavy atom. The summed E-state index contributed by atoms with van der Waals surface area (Å²) >= 11 is 6.37. The van der Waals surface area contributed by atoms with Crippen molar-refractivity contribution < 1.29 is 48.8 Å². The van der Waals surface area contributed by atoms with E-state index in [9.17, 15) is 44.1 Å². The van der Waals surface area contributed by atoms with Gasteiger partial charge in [-0.3, -0.25) is 14.4 Å². The normalized spacial score (nSPS) is 16.5. The van der Waals surface area contributed by atoms with E-state index in [1.807, 2.05) is 20.8 Å². The van der Waals surface area contributed by atoms with Crippen LogP contribution in [0.4, 0.5) is 26.7 Å². The van der Waals surface area contributed by atoms with Gasteiger partial charge in [0.25, 0.3) is 0 Å². The van der Waals surface area contributed by atoms with Crippen molar-refractivity contribution >= 4 is 75.4 Å². The molecular weight excluding hydrogens is 864 g/mol. The molecule has 0 aliphatic carbocycles. The topological polar surface area (TPSA) is 255 Å². The zero-order valence-corrected chi connectivity index (χ0v) is 37.3. The van der Waals surface area contributed by atoms with Gasteiger partial charge in [0.2, 0.25) is 5.91 Å². The number of anilines is 3. The molecule has 5 aromatic rings. The van der Waals surface area contributed by atoms with Crippen LogP contribution >= 0.6 is 11.6 Å². The summed E-state index contributed by atoms with van der Waals surface area (Å²) in [5.41, 5.74) is 0.615. The Kier molecular flexibility index (Phi) is 12.7. The summed E-state index contributed by atoms with van der Waals surface area (Å²) in [6.45, 7) is 11.3. The van der Waals surface area contributed by atoms with E-state index in [0.717, 1.165) is 4.57 Å². The van der Waals surface area contributed by atoms with E-state index in [1.54, 1.807) is 57.2 Å². The number of aliphatic hydroxyl groups excluding tert-OH is 1. The van der Waals surface area contributed by atoms with Gasteiger partial charge in [-0.05, 0) is 80.4 Å². The van der Waals surface area contributed by atoms with Gasteiger partial charge in [0, 0.05) is 47.8 Å². The van der Waals surface area contributed by atoms with E-state index >= 15 is 0 Å². The van der Waals surface area contributed by atoms with Crippen molar-refractivity contribution in [2.24, 2.45) is 0 Å². The number of aliphatic hydroxyl groups is 1. The van der Waals surface area contributed by atoms with Gasteiger partial charge in [-0.25, -0.2) is 19.0 Å². The van der Waals surface area contributed by atoms with Crippen LogP contribution in [0, 0.1) is 0 Å². The van der Waals surface area contributed by atoms with Crippen molar-refractivity contribution in [3.05, 3.63) is 88.3 Å². The predicted molar refractivity (Wildman–Crippen MR) is 238 cm³/mol. The lowest BCUT2D eigenvalue weighted by Crippen LogP contribution is -2.60. The van der Waals surface area contributed by atoms with Crippen LogP contribution in [0.5, 0.6) is 0 Å². The largest absolute Gasteiger partial charge is 0.477 e. The minimum absolute atomic E-state index is 0.0533. The molecule has 20 nitrogen and oxygen atoms in total. The van der Waals surface area contributed by atoms with Crippen molar-refractivity contribution in [2.45, 2.75) is 70.9 Å². The average Bonchev–Trinajstić information content (AvgIpc) is 3.91. The Morgan fingerprint density at radius 1 is 0.877 bits per heavy atom. The Balaban J connectivity index is 1.26. The van der Waals surface area contributed by atoms with Crippen molar-refractivity contribution in [3.63, 3.8) is 0 Å². The second-order valence-corrected chi connectivity index (χ2v) is 18.3. The Bertz CT molecular complexity index is 2690. The first-order chi connectivity index (χ1) is 30.7. The highest BCUT2D eigenvalue weighted by atomic mass is 35.5. The molecule has 2 fully saturated rings. The molecule has 5 amide bonds. The number of morpholine rings is 1. The fraction of sp³-hybridized carbons (Fsp3) is 0.386. The maximum absolute atomic E-state index is 14.9. The third kappa shape index (κ3) is 9.22. The summed E-state index contributed by atoms with van der Waals surface area (Å²) in [6.07, 6.45) is -0.752. The molecule has 5 N–H and O–H groups in total. The predicted octanol–water partition coefficient (Wildman–Crippen LogP) is 4.74. The molecule has 65 heavy (non-hydrogen) atoms. The van der Waals surface area contributed by atoms with Crippen LogP contribution in [0.1, 0.15) is 68.7 Å². The second kappa shape index (κ2) is 17.9. The number of carbonyl (C=O) groups is 6. The van der Waals surface area contributed by atoms with Gasteiger partial charge in [-0.2, -0.15) is 4.68 Å². The molecule has 4 heterocycles. The first-order valence-corrected chi connectivity index (χ1v) is 21.1. The Hall–Kier alpha value is -6.90. The number of piperazine rings is 1. The number of carboxylic acids is 1. The molecule has 0 spiro atoms. The third-order valence-corrected chi connectivity index (χ3v) is 11.5. The Labute approximate surface area is 377 Å². The van der Waals surface area contributed by atoms with Crippen LogP contribution in [-0.4, -0.2) is 137 Å². The highest BCUT2D eigenvalue weighted by molar-refractivity contribution is 6.41. The molecule has 0 saturated carbocycles. The minimum Gasteiger partial charge on any atom is -0.477 e. The number of rotatable bonds is 10. The van der Waals surface area contributed by atoms with Gasteiger partial charge in [0.05, 0.1) is 42.8 Å². The molecule has 0 radical (unpaired) electrons. The van der Waals surface area contributed by atoms with Crippen molar-refractivity contribution in [1.29, 1.82) is 0 Å². The molecule has 1 unspecified atom stereocenters. The van der Waals surface area contributed by atoms with Crippen molar-refractivity contribution in [2.75, 3.05) is 54.9 Å². The number of halogens is 1. The number of tetrazole rings is 1. The molecule has 2 aliphatic rings. The standard InChI is InChI=1S/C44H49ClN10O10/c1-43(2,3)34-28(12-14-30-33(34)35(44(4,5)6)36(40(60)61)55(30)42(63)64)48-37(57)32(19-24-7-10-26(11-8-24)47-41(62)51-17-18-65-27(21-51)22-56)53-16-15-52(38(58)39(53)59)31-20-25(45)9-13-29(31)54-23-46-49-50-54/h7-14,20,23,27,32,56H,15-19,21-22H2,1-6H3,(H,47,62)(H,48,57)(H,60,61)(H,63,64)/t27-,32?/m1/s1. The number of fused-ring (bicyclic) bond motifs is 1. The van der Waals surface area contributed by atoms with E-state index in [4.69, 9.17) is 16.3 Å². The lowest BCUT2D eigenvalue weighted by Gasteiger charge is -2.38. The van der Waals surface area contributed by atoms with E-state index < -0.39 is 64.5 Å². The summed E-state index contributed by atoms with van der Waals surface area (Å²) < 4.78 is 7.52. The summed E-state index contributed by atoms with van der Waals surface area (Å²) in [5.74, 6) is -4.05. The number of benzene rings is 3. The summed E-state index contributed by atoms with van der Waals surface area (Å²) in [5, 5.41) is 48.0. The summed E-state index contributed by atoms with van der Waals surface area (Å²) in [4.78, 5) is 86.0. The highest BCUT2D eigenvalue weighted by Gasteiger charge is 2.42. The average molecular weight is 913 g/mol. The number of amides is 5. The smallest absolute Gasteiger partial charge is 0.416 e. The maximum atomic E-state index is 14.9. The van der Waals surface area contributed by atoms with Gasteiger partial charge < -0.3 is 45.4 Å². The number of carboxylic acid groups (broad SMARTS) is 2. The molecule has 2 saturated heterocycles. The van der Waals surface area contributed by atoms with E-state index in [1.165, 1.54) is 43.9 Å². The number of nitrogens with zero attached hydrogens (tertiary/aromatic N) is 8. The number of hydrogen-bond donors (Lipinski definition) is 5. The summed E-state index contributed by atoms with van der Waals surface area (Å²) in [6, 6.07) is 12.6.